The molecule has 2 rings (SSSR count). The molecule has 0 amide bonds. The van der Waals surface area contributed by atoms with Crippen molar-refractivity contribution in [2.45, 2.75) is 66.0 Å². The van der Waals surface area contributed by atoms with Crippen molar-refractivity contribution < 1.29 is 0 Å². The Morgan fingerprint density at radius 2 is 2.05 bits per heavy atom. The van der Waals surface area contributed by atoms with Gasteiger partial charge < -0.3 is 5.32 Å². The van der Waals surface area contributed by atoms with E-state index in [-0.39, 0.29) is 6.04 Å². The van der Waals surface area contributed by atoms with Crippen LogP contribution in [0.1, 0.15) is 65.2 Å². The lowest BCUT2D eigenvalue weighted by molar-refractivity contribution is 0.0918. The number of hydrogen-bond acceptors (Lipinski definition) is 4. The quantitative estimate of drug-likeness (QED) is 0.823. The molecule has 1 atom stereocenters. The highest BCUT2D eigenvalue weighted by Crippen LogP contribution is 2.45. The molecule has 1 aliphatic rings. The minimum Gasteiger partial charge on any atom is -0.307 e. The van der Waals surface area contributed by atoms with Crippen LogP contribution in [-0.2, 0) is 6.54 Å². The van der Waals surface area contributed by atoms with E-state index >= 15 is 0 Å². The number of hydrogen-bond donors (Lipinski definition) is 1. The van der Waals surface area contributed by atoms with Gasteiger partial charge in [-0.05, 0) is 54.5 Å². The van der Waals surface area contributed by atoms with Gasteiger partial charge in [0.15, 0.2) is 5.82 Å². The highest BCUT2D eigenvalue weighted by atomic mass is 15.5. The Hall–Kier alpha value is -0.970. The highest BCUT2D eigenvalue weighted by molar-refractivity contribution is 4.94. The summed E-state index contributed by atoms with van der Waals surface area (Å²) in [5, 5.41) is 15.8. The van der Waals surface area contributed by atoms with E-state index in [1.54, 1.807) is 0 Å². The maximum absolute atomic E-state index is 4.21. The van der Waals surface area contributed by atoms with Crippen molar-refractivity contribution in [3.8, 4) is 0 Å². The molecule has 1 aliphatic carbocycles. The zero-order valence-electron chi connectivity index (χ0n) is 12.7. The van der Waals surface area contributed by atoms with Crippen molar-refractivity contribution in [2.75, 3.05) is 6.54 Å². The van der Waals surface area contributed by atoms with Gasteiger partial charge in [-0.3, -0.25) is 0 Å². The number of tetrazole rings is 1. The maximum atomic E-state index is 4.21. The molecule has 1 N–H and O–H groups in total. The second kappa shape index (κ2) is 5.99. The van der Waals surface area contributed by atoms with E-state index in [4.69, 9.17) is 0 Å². The average Bonchev–Trinajstić information content (AvgIpc) is 2.78. The van der Waals surface area contributed by atoms with Crippen LogP contribution in [0.5, 0.6) is 0 Å². The molecule has 0 bridgehead atoms. The zero-order valence-corrected chi connectivity index (χ0v) is 12.7. The first-order valence-corrected chi connectivity index (χ1v) is 7.56. The van der Waals surface area contributed by atoms with Gasteiger partial charge in [0.2, 0.25) is 0 Å². The summed E-state index contributed by atoms with van der Waals surface area (Å²) in [6, 6.07) is 0.214. The minimum atomic E-state index is 0.214. The summed E-state index contributed by atoms with van der Waals surface area (Å²) < 4.78 is 2.01. The van der Waals surface area contributed by atoms with Gasteiger partial charge in [0.05, 0.1) is 12.6 Å². The van der Waals surface area contributed by atoms with Gasteiger partial charge in [-0.15, -0.1) is 5.10 Å². The van der Waals surface area contributed by atoms with Crippen LogP contribution in [0.2, 0.25) is 0 Å². The Labute approximate surface area is 116 Å². The molecule has 5 nitrogen and oxygen atoms in total. The largest absolute Gasteiger partial charge is 0.307 e. The van der Waals surface area contributed by atoms with Gasteiger partial charge in [-0.1, -0.05) is 27.2 Å². The SMILES string of the molecule is CCC1(Cn2nnnc2C(C)NCC(C)C)CCC1. The molecule has 19 heavy (non-hydrogen) atoms. The topological polar surface area (TPSA) is 55.6 Å². The van der Waals surface area contributed by atoms with E-state index in [2.05, 4.69) is 48.5 Å². The Morgan fingerprint density at radius 3 is 2.58 bits per heavy atom. The Balaban J connectivity index is 2.00. The molecule has 5 heteroatoms. The molecule has 1 unspecified atom stereocenters. The third-order valence-corrected chi connectivity index (χ3v) is 4.43. The Bertz CT molecular complexity index is 389. The van der Waals surface area contributed by atoms with Crippen LogP contribution in [0.15, 0.2) is 0 Å². The third kappa shape index (κ3) is 3.32. The summed E-state index contributed by atoms with van der Waals surface area (Å²) in [5.41, 5.74) is 0.446. The molecule has 1 fully saturated rings. The summed E-state index contributed by atoms with van der Waals surface area (Å²) in [4.78, 5) is 0. The number of nitrogens with one attached hydrogen (secondary N) is 1. The van der Waals surface area contributed by atoms with Crippen molar-refractivity contribution in [1.29, 1.82) is 0 Å². The summed E-state index contributed by atoms with van der Waals surface area (Å²) >= 11 is 0. The molecule has 1 aromatic rings. The van der Waals surface area contributed by atoms with E-state index in [1.165, 1.54) is 25.7 Å². The first-order valence-electron chi connectivity index (χ1n) is 7.56. The molecular weight excluding hydrogens is 238 g/mol. The standard InChI is InChI=1S/C14H27N5/c1-5-14(7-6-8-14)10-19-13(16-17-18-19)12(4)15-9-11(2)3/h11-12,15H,5-10H2,1-4H3. The molecule has 0 aliphatic heterocycles. The maximum Gasteiger partial charge on any atom is 0.167 e. The van der Waals surface area contributed by atoms with E-state index < -0.39 is 0 Å². The molecular formula is C14H27N5. The van der Waals surface area contributed by atoms with Gasteiger partial charge in [0, 0.05) is 0 Å². The normalized spacial score (nSPS) is 19.4. The molecule has 0 radical (unpaired) electrons. The monoisotopic (exact) mass is 265 g/mol. The summed E-state index contributed by atoms with van der Waals surface area (Å²) in [7, 11) is 0. The van der Waals surface area contributed by atoms with Crippen molar-refractivity contribution in [3.63, 3.8) is 0 Å². The van der Waals surface area contributed by atoms with Crippen LogP contribution in [-0.4, -0.2) is 26.8 Å². The lowest BCUT2D eigenvalue weighted by Gasteiger charge is -2.41. The van der Waals surface area contributed by atoms with Crippen molar-refractivity contribution in [3.05, 3.63) is 5.82 Å². The fraction of sp³-hybridized carbons (Fsp3) is 0.929. The second-order valence-corrected chi connectivity index (χ2v) is 6.43. The van der Waals surface area contributed by atoms with Crippen LogP contribution >= 0.6 is 0 Å². The van der Waals surface area contributed by atoms with Gasteiger partial charge >= 0.3 is 0 Å². The Morgan fingerprint density at radius 1 is 1.32 bits per heavy atom. The highest BCUT2D eigenvalue weighted by Gasteiger charge is 2.36. The number of aromatic nitrogens is 4. The summed E-state index contributed by atoms with van der Waals surface area (Å²) in [6.45, 7) is 10.8. The van der Waals surface area contributed by atoms with Crippen LogP contribution < -0.4 is 5.32 Å². The van der Waals surface area contributed by atoms with Crippen LogP contribution in [0, 0.1) is 11.3 Å². The Kier molecular flexibility index (Phi) is 4.55. The van der Waals surface area contributed by atoms with Gasteiger partial charge in [-0.25, -0.2) is 4.68 Å². The van der Waals surface area contributed by atoms with E-state index in [9.17, 15) is 0 Å². The molecule has 1 saturated carbocycles. The van der Waals surface area contributed by atoms with E-state index in [0.29, 0.717) is 11.3 Å². The fourth-order valence-electron chi connectivity index (χ4n) is 2.76. The van der Waals surface area contributed by atoms with Gasteiger partial charge in [0.25, 0.3) is 0 Å². The minimum absolute atomic E-state index is 0.214. The average molecular weight is 265 g/mol. The van der Waals surface area contributed by atoms with Crippen LogP contribution in [0.25, 0.3) is 0 Å². The van der Waals surface area contributed by atoms with Crippen molar-refractivity contribution >= 4 is 0 Å². The third-order valence-electron chi connectivity index (χ3n) is 4.43. The molecule has 0 spiro atoms. The first-order chi connectivity index (χ1) is 9.06. The number of rotatable bonds is 7. The summed E-state index contributed by atoms with van der Waals surface area (Å²) in [6.07, 6.45) is 5.21. The van der Waals surface area contributed by atoms with E-state index in [1.807, 2.05) is 4.68 Å². The molecule has 1 aromatic heterocycles. The molecule has 108 valence electrons. The molecule has 0 aromatic carbocycles. The summed E-state index contributed by atoms with van der Waals surface area (Å²) in [5.74, 6) is 1.61. The smallest absolute Gasteiger partial charge is 0.167 e. The van der Waals surface area contributed by atoms with Crippen molar-refractivity contribution in [2.24, 2.45) is 11.3 Å². The number of nitrogens with zero attached hydrogens (tertiary/aromatic N) is 4. The predicted molar refractivity (Wildman–Crippen MR) is 75.6 cm³/mol. The first kappa shape index (κ1) is 14.4. The lowest BCUT2D eigenvalue weighted by atomic mass is 9.67. The fourth-order valence-corrected chi connectivity index (χ4v) is 2.76. The van der Waals surface area contributed by atoms with E-state index in [0.717, 1.165) is 18.9 Å². The zero-order chi connectivity index (χ0) is 13.9. The molecule has 0 saturated heterocycles. The second-order valence-electron chi connectivity index (χ2n) is 6.43. The molecule has 1 heterocycles. The van der Waals surface area contributed by atoms with Crippen LogP contribution in [0.3, 0.4) is 0 Å². The predicted octanol–water partition coefficient (Wildman–Crippen LogP) is 2.56. The lowest BCUT2D eigenvalue weighted by Crippen LogP contribution is -2.35. The van der Waals surface area contributed by atoms with Gasteiger partial charge in [0.1, 0.15) is 0 Å². The van der Waals surface area contributed by atoms with Gasteiger partial charge in [-0.2, -0.15) is 0 Å². The van der Waals surface area contributed by atoms with Crippen molar-refractivity contribution in [1.82, 2.24) is 25.5 Å². The van der Waals surface area contributed by atoms with Crippen LogP contribution in [0.4, 0.5) is 0 Å².